The Morgan fingerprint density at radius 1 is 1.19 bits per heavy atom. The average Bonchev–Trinajstić information content (AvgIpc) is 2.69. The fourth-order valence-corrected chi connectivity index (χ4v) is 1.93. The van der Waals surface area contributed by atoms with Gasteiger partial charge in [0.2, 0.25) is 0 Å². The third-order valence-corrected chi connectivity index (χ3v) is 2.78. The highest BCUT2D eigenvalue weighted by molar-refractivity contribution is 5.36. The van der Waals surface area contributed by atoms with Gasteiger partial charge in [-0.25, -0.2) is 4.98 Å². The summed E-state index contributed by atoms with van der Waals surface area (Å²) in [7, 11) is 0. The van der Waals surface area contributed by atoms with E-state index in [2.05, 4.69) is 16.0 Å². The summed E-state index contributed by atoms with van der Waals surface area (Å²) in [6, 6.07) is 6.06. The van der Waals surface area contributed by atoms with Gasteiger partial charge in [-0.2, -0.15) is 0 Å². The van der Waals surface area contributed by atoms with Crippen molar-refractivity contribution in [3.8, 4) is 0 Å². The first kappa shape index (κ1) is 10.9. The minimum Gasteiger partial charge on any atom is -0.379 e. The van der Waals surface area contributed by atoms with Crippen LogP contribution in [-0.4, -0.2) is 15.1 Å². The molecule has 1 heterocycles. The van der Waals surface area contributed by atoms with Gasteiger partial charge in [-0.15, -0.1) is 0 Å². The van der Waals surface area contributed by atoms with E-state index < -0.39 is 5.60 Å². The summed E-state index contributed by atoms with van der Waals surface area (Å²) in [5, 5.41) is 10.5. The van der Waals surface area contributed by atoms with Crippen molar-refractivity contribution in [1.82, 2.24) is 9.97 Å². The van der Waals surface area contributed by atoms with E-state index >= 15 is 0 Å². The molecule has 0 saturated heterocycles. The highest BCUT2D eigenvalue weighted by atomic mass is 16.3. The van der Waals surface area contributed by atoms with Crippen LogP contribution in [0.4, 0.5) is 0 Å². The molecular formula is C13H16N2O. The quantitative estimate of drug-likeness (QED) is 0.809. The third kappa shape index (κ3) is 1.86. The molecule has 0 aliphatic heterocycles. The van der Waals surface area contributed by atoms with Crippen molar-refractivity contribution in [2.24, 2.45) is 0 Å². The predicted molar refractivity (Wildman–Crippen MR) is 63.2 cm³/mol. The molecule has 1 unspecified atom stereocenters. The number of hydrogen-bond donors (Lipinski definition) is 2. The Hall–Kier alpha value is -1.61. The normalized spacial score (nSPS) is 14.8. The molecule has 2 aromatic rings. The van der Waals surface area contributed by atoms with Crippen molar-refractivity contribution >= 4 is 0 Å². The van der Waals surface area contributed by atoms with Crippen molar-refractivity contribution in [3.05, 3.63) is 53.1 Å². The number of aromatic amines is 1. The molecule has 0 saturated carbocycles. The molecule has 0 radical (unpaired) electrons. The second kappa shape index (κ2) is 3.76. The van der Waals surface area contributed by atoms with Crippen LogP contribution in [0, 0.1) is 13.8 Å². The van der Waals surface area contributed by atoms with Crippen molar-refractivity contribution in [1.29, 1.82) is 0 Å². The molecule has 0 amide bonds. The first-order valence-corrected chi connectivity index (χ1v) is 5.30. The zero-order valence-corrected chi connectivity index (χ0v) is 9.78. The van der Waals surface area contributed by atoms with E-state index in [1.807, 2.05) is 26.0 Å². The van der Waals surface area contributed by atoms with Gasteiger partial charge in [-0.1, -0.05) is 29.3 Å². The first-order valence-electron chi connectivity index (χ1n) is 5.30. The number of rotatable bonds is 2. The number of nitrogens with one attached hydrogen (secondary N) is 1. The van der Waals surface area contributed by atoms with Crippen LogP contribution in [0.3, 0.4) is 0 Å². The Morgan fingerprint density at radius 2 is 1.81 bits per heavy atom. The van der Waals surface area contributed by atoms with Gasteiger partial charge < -0.3 is 10.1 Å². The van der Waals surface area contributed by atoms with Gasteiger partial charge in [0.25, 0.3) is 0 Å². The van der Waals surface area contributed by atoms with Gasteiger partial charge in [0.15, 0.2) is 0 Å². The van der Waals surface area contributed by atoms with E-state index in [-0.39, 0.29) is 0 Å². The van der Waals surface area contributed by atoms with Crippen molar-refractivity contribution in [3.63, 3.8) is 0 Å². The number of benzene rings is 1. The van der Waals surface area contributed by atoms with E-state index in [9.17, 15) is 5.11 Å². The molecule has 0 spiro atoms. The molecule has 0 aliphatic carbocycles. The minimum absolute atomic E-state index is 0.637. The summed E-state index contributed by atoms with van der Waals surface area (Å²) in [4.78, 5) is 6.98. The van der Waals surface area contributed by atoms with Gasteiger partial charge in [0.05, 0.1) is 12.0 Å². The fraction of sp³-hybridized carbons (Fsp3) is 0.308. The van der Waals surface area contributed by atoms with E-state index in [0.717, 1.165) is 16.7 Å². The summed E-state index contributed by atoms with van der Waals surface area (Å²) in [5.41, 5.74) is 2.75. The molecule has 0 aliphatic rings. The Morgan fingerprint density at radius 3 is 2.31 bits per heavy atom. The molecule has 84 valence electrons. The zero-order chi connectivity index (χ0) is 11.8. The number of H-pyrrole nitrogens is 1. The first-order chi connectivity index (χ1) is 7.50. The van der Waals surface area contributed by atoms with Gasteiger partial charge in [0, 0.05) is 6.20 Å². The zero-order valence-electron chi connectivity index (χ0n) is 9.78. The second-order valence-electron chi connectivity index (χ2n) is 4.40. The van der Waals surface area contributed by atoms with Gasteiger partial charge in [0.1, 0.15) is 5.60 Å². The third-order valence-electron chi connectivity index (χ3n) is 2.78. The van der Waals surface area contributed by atoms with Crippen LogP contribution in [0.1, 0.15) is 29.3 Å². The van der Waals surface area contributed by atoms with Gasteiger partial charge >= 0.3 is 0 Å². The summed E-state index contributed by atoms with van der Waals surface area (Å²) in [6.07, 6.45) is 3.30. The molecule has 2 N–H and O–H groups in total. The molecule has 1 aromatic heterocycles. The van der Waals surface area contributed by atoms with Gasteiger partial charge in [-0.3, -0.25) is 0 Å². The maximum atomic E-state index is 10.5. The number of nitrogens with zero attached hydrogens (tertiary/aromatic N) is 1. The van der Waals surface area contributed by atoms with Crippen molar-refractivity contribution in [2.75, 3.05) is 0 Å². The summed E-state index contributed by atoms with van der Waals surface area (Å²) >= 11 is 0. The van der Waals surface area contributed by atoms with Crippen LogP contribution in [0.5, 0.6) is 0 Å². The molecule has 1 atom stereocenters. The average molecular weight is 216 g/mol. The fourth-order valence-electron chi connectivity index (χ4n) is 1.93. The molecule has 3 heteroatoms. The molecule has 0 fully saturated rings. The minimum atomic E-state index is -1.04. The van der Waals surface area contributed by atoms with Crippen LogP contribution in [0.15, 0.2) is 30.7 Å². The van der Waals surface area contributed by atoms with E-state index in [0.29, 0.717) is 5.69 Å². The molecule has 3 nitrogen and oxygen atoms in total. The summed E-state index contributed by atoms with van der Waals surface area (Å²) in [5.74, 6) is 0. The summed E-state index contributed by atoms with van der Waals surface area (Å²) in [6.45, 7) is 5.81. The van der Waals surface area contributed by atoms with Crippen molar-refractivity contribution < 1.29 is 5.11 Å². The van der Waals surface area contributed by atoms with Crippen LogP contribution in [0.2, 0.25) is 0 Å². The van der Waals surface area contributed by atoms with Crippen LogP contribution in [0.25, 0.3) is 0 Å². The van der Waals surface area contributed by atoms with E-state index in [1.165, 1.54) is 0 Å². The molecular weight excluding hydrogens is 200 g/mol. The second-order valence-corrected chi connectivity index (χ2v) is 4.40. The lowest BCUT2D eigenvalue weighted by Crippen LogP contribution is -2.23. The summed E-state index contributed by atoms with van der Waals surface area (Å²) < 4.78 is 0. The number of aliphatic hydroxyl groups is 1. The Balaban J connectivity index is 2.51. The number of aromatic nitrogens is 2. The number of imidazole rings is 1. The molecule has 16 heavy (non-hydrogen) atoms. The maximum absolute atomic E-state index is 10.5. The number of hydrogen-bond acceptors (Lipinski definition) is 2. The Bertz CT molecular complexity index is 466. The smallest absolute Gasteiger partial charge is 0.130 e. The largest absolute Gasteiger partial charge is 0.379 e. The van der Waals surface area contributed by atoms with E-state index in [1.54, 1.807) is 19.4 Å². The standard InChI is InChI=1S/C13H16N2O/c1-9-4-10(2)6-11(5-9)13(3,16)12-7-14-8-15-12/h4-8,16H,1-3H3,(H,14,15). The topological polar surface area (TPSA) is 48.9 Å². The lowest BCUT2D eigenvalue weighted by atomic mass is 9.90. The number of aryl methyl sites for hydroxylation is 2. The molecule has 2 rings (SSSR count). The van der Waals surface area contributed by atoms with E-state index in [4.69, 9.17) is 0 Å². The predicted octanol–water partition coefficient (Wildman–Crippen LogP) is 2.28. The monoisotopic (exact) mass is 216 g/mol. The highest BCUT2D eigenvalue weighted by Gasteiger charge is 2.27. The SMILES string of the molecule is Cc1cc(C)cc(C(C)(O)c2c[nH]cn2)c1. The lowest BCUT2D eigenvalue weighted by Gasteiger charge is -2.22. The van der Waals surface area contributed by atoms with Crippen LogP contribution in [-0.2, 0) is 5.60 Å². The van der Waals surface area contributed by atoms with Gasteiger partial charge in [-0.05, 0) is 26.3 Å². The lowest BCUT2D eigenvalue weighted by molar-refractivity contribution is 0.0977. The maximum Gasteiger partial charge on any atom is 0.130 e. The Labute approximate surface area is 95.2 Å². The highest BCUT2D eigenvalue weighted by Crippen LogP contribution is 2.28. The Kier molecular flexibility index (Phi) is 2.56. The van der Waals surface area contributed by atoms with Crippen LogP contribution >= 0.6 is 0 Å². The molecule has 0 bridgehead atoms. The van der Waals surface area contributed by atoms with Crippen molar-refractivity contribution in [2.45, 2.75) is 26.4 Å². The molecule has 1 aromatic carbocycles. The van der Waals surface area contributed by atoms with Crippen LogP contribution < -0.4 is 0 Å².